The Morgan fingerprint density at radius 3 is 1.72 bits per heavy atom. The van der Waals surface area contributed by atoms with Crippen molar-refractivity contribution in [3.63, 3.8) is 0 Å². The first-order chi connectivity index (χ1) is 37.4. The summed E-state index contributed by atoms with van der Waals surface area (Å²) in [6, 6.07) is 18.2. The number of hydrogen-bond acceptors (Lipinski definition) is 10. The van der Waals surface area contributed by atoms with Crippen LogP contribution in [0.1, 0.15) is 104 Å². The van der Waals surface area contributed by atoms with Crippen LogP contribution in [-0.2, 0) is 38.4 Å². The topological polar surface area (TPSA) is 176 Å². The van der Waals surface area contributed by atoms with Gasteiger partial charge in [0.2, 0.25) is 0 Å². The average Bonchev–Trinajstić information content (AvgIpc) is 4.14. The third-order valence-electron chi connectivity index (χ3n) is 18.6. The fourth-order valence-electron chi connectivity index (χ4n) is 13.9. The van der Waals surface area contributed by atoms with Gasteiger partial charge in [-0.3, -0.25) is 9.59 Å². The van der Waals surface area contributed by atoms with Crippen LogP contribution in [0.2, 0.25) is 0 Å². The highest BCUT2D eigenvalue weighted by Gasteiger charge is 2.44. The molecule has 18 heteroatoms. The molecule has 0 bridgehead atoms. The van der Waals surface area contributed by atoms with Crippen molar-refractivity contribution >= 4 is 55.9 Å². The summed E-state index contributed by atoms with van der Waals surface area (Å²) in [4.78, 5) is 51.9. The molecule has 6 fully saturated rings. The number of aliphatic hydroxyl groups is 2. The van der Waals surface area contributed by atoms with E-state index in [0.717, 1.165) is 91.5 Å². The number of piperidine rings is 2. The van der Waals surface area contributed by atoms with Crippen LogP contribution in [-0.4, -0.2) is 121 Å². The first-order valence-electron chi connectivity index (χ1n) is 28.3. The summed E-state index contributed by atoms with van der Waals surface area (Å²) in [6.45, 7) is 10.6. The van der Waals surface area contributed by atoms with E-state index in [4.69, 9.17) is 19.9 Å². The lowest BCUT2D eigenvalue weighted by Gasteiger charge is -2.38. The Bertz CT molecular complexity index is 3760. The fourth-order valence-corrected chi connectivity index (χ4v) is 13.9. The summed E-state index contributed by atoms with van der Waals surface area (Å²) in [7, 11) is 3.62. The van der Waals surface area contributed by atoms with Gasteiger partial charge < -0.3 is 48.9 Å². The van der Waals surface area contributed by atoms with E-state index < -0.39 is 22.8 Å². The molecule has 0 radical (unpaired) electrons. The van der Waals surface area contributed by atoms with Crippen molar-refractivity contribution < 1.29 is 28.6 Å². The summed E-state index contributed by atoms with van der Waals surface area (Å²) in [5.41, 5.74) is 3.92. The van der Waals surface area contributed by atoms with Crippen LogP contribution < -0.4 is 10.6 Å². The van der Waals surface area contributed by atoms with Crippen molar-refractivity contribution in [2.75, 3.05) is 39.3 Å². The van der Waals surface area contributed by atoms with Crippen LogP contribution in [0.5, 0.6) is 0 Å². The molecule has 6 aliphatic rings. The predicted octanol–water partition coefficient (Wildman–Crippen LogP) is 7.99. The number of aromatic nitrogens is 8. The van der Waals surface area contributed by atoms with E-state index in [2.05, 4.69) is 25.8 Å². The Morgan fingerprint density at radius 2 is 1.17 bits per heavy atom. The second kappa shape index (κ2) is 18.2. The lowest BCUT2D eigenvalue weighted by atomic mass is 9.78. The van der Waals surface area contributed by atoms with Gasteiger partial charge in [-0.2, -0.15) is 0 Å². The number of carbonyl (C=O) groups excluding carboxylic acids is 2. The molecular weight excluding hydrogens is 991 g/mol. The Labute approximate surface area is 450 Å². The van der Waals surface area contributed by atoms with Crippen LogP contribution in [0.4, 0.5) is 8.78 Å². The fraction of sp³-hybridized carbons (Fsp3) is 0.500. The Balaban J connectivity index is 0.686. The summed E-state index contributed by atoms with van der Waals surface area (Å²) in [5, 5.41) is 32.2. The highest BCUT2D eigenvalue weighted by Crippen LogP contribution is 2.42. The number of pyridine rings is 2. The molecule has 2 aliphatic carbocycles. The molecule has 10 heterocycles. The second-order valence-corrected chi connectivity index (χ2v) is 24.7. The summed E-state index contributed by atoms with van der Waals surface area (Å²) in [5.74, 6) is 1.63. The number of hydrogen-bond donors (Lipinski definition) is 4. The van der Waals surface area contributed by atoms with Gasteiger partial charge in [-0.25, -0.2) is 28.7 Å². The maximum atomic E-state index is 16.3. The summed E-state index contributed by atoms with van der Waals surface area (Å²) in [6.07, 6.45) is 7.71. The van der Waals surface area contributed by atoms with E-state index in [-0.39, 0.29) is 41.3 Å². The van der Waals surface area contributed by atoms with E-state index in [9.17, 15) is 19.8 Å². The molecule has 4 N–H and O–H groups in total. The summed E-state index contributed by atoms with van der Waals surface area (Å²) < 4.78 is 40.3. The molecule has 2 saturated carbocycles. The van der Waals surface area contributed by atoms with Crippen LogP contribution in [0.25, 0.3) is 67.2 Å². The number of nitrogens with zero attached hydrogens (tertiary/aromatic N) is 10. The maximum Gasteiger partial charge on any atom is 0.254 e. The number of amides is 2. The van der Waals surface area contributed by atoms with Crippen LogP contribution in [0.15, 0.2) is 60.7 Å². The van der Waals surface area contributed by atoms with E-state index in [1.807, 2.05) is 54.1 Å². The zero-order valence-corrected chi connectivity index (χ0v) is 45.1. The first kappa shape index (κ1) is 49.7. The van der Waals surface area contributed by atoms with Crippen molar-refractivity contribution in [2.24, 2.45) is 43.7 Å². The predicted molar refractivity (Wildman–Crippen MR) is 293 cm³/mol. The minimum atomic E-state index is -1.28. The van der Waals surface area contributed by atoms with Crippen molar-refractivity contribution in [1.29, 1.82) is 0 Å². The van der Waals surface area contributed by atoms with Crippen LogP contribution >= 0.6 is 0 Å². The van der Waals surface area contributed by atoms with Crippen LogP contribution in [0, 0.1) is 41.2 Å². The molecule has 8 aromatic rings. The average molecular weight is 1060 g/mol. The Hall–Kier alpha value is -6.60. The van der Waals surface area contributed by atoms with Crippen molar-refractivity contribution in [3.05, 3.63) is 94.8 Å². The number of rotatable bonds is 12. The summed E-state index contributed by atoms with van der Waals surface area (Å²) >= 11 is 0. The lowest BCUT2D eigenvalue weighted by Crippen LogP contribution is -2.49. The third-order valence-corrected chi connectivity index (χ3v) is 18.6. The molecule has 0 spiro atoms. The van der Waals surface area contributed by atoms with Gasteiger partial charge in [0.15, 0.2) is 11.6 Å². The van der Waals surface area contributed by atoms with Gasteiger partial charge in [-0.15, -0.1) is 0 Å². The van der Waals surface area contributed by atoms with Gasteiger partial charge in [-0.1, -0.05) is 0 Å². The molecule has 2 unspecified atom stereocenters. The smallest absolute Gasteiger partial charge is 0.254 e. The molecule has 16 nitrogen and oxygen atoms in total. The van der Waals surface area contributed by atoms with Gasteiger partial charge in [0.25, 0.3) is 11.8 Å². The molecule has 4 aliphatic heterocycles. The van der Waals surface area contributed by atoms with Crippen molar-refractivity contribution in [3.8, 4) is 23.0 Å². The lowest BCUT2D eigenvalue weighted by molar-refractivity contribution is 0.0161. The number of imidazole rings is 2. The molecule has 6 aromatic heterocycles. The molecule has 4 saturated heterocycles. The number of halogens is 2. The second-order valence-electron chi connectivity index (χ2n) is 24.7. The number of nitrogens with one attached hydrogen (secondary N) is 2. The molecule has 78 heavy (non-hydrogen) atoms. The molecule has 2 aromatic carbocycles. The molecular formula is C60H68F2N12O4. The number of likely N-dealkylation sites (tertiary alicyclic amines) is 2. The first-order valence-corrected chi connectivity index (χ1v) is 28.3. The molecule has 6 atom stereocenters. The molecule has 2 amide bonds. The zero-order valence-electron chi connectivity index (χ0n) is 45.1. The Kier molecular flexibility index (Phi) is 11.6. The van der Waals surface area contributed by atoms with Crippen LogP contribution in [0.3, 0.4) is 0 Å². The number of carbonyl (C=O) groups is 2. The van der Waals surface area contributed by atoms with Crippen molar-refractivity contribution in [2.45, 2.75) is 109 Å². The Morgan fingerprint density at radius 1 is 0.641 bits per heavy atom. The van der Waals surface area contributed by atoms with E-state index >= 15 is 8.78 Å². The highest BCUT2D eigenvalue weighted by atomic mass is 19.1. The van der Waals surface area contributed by atoms with Gasteiger partial charge in [0.1, 0.15) is 45.2 Å². The SMILES string of the molecule is Cn1c(-c2cc3ccc(C(C)(C)O)nc3n2CC2CC2)nc2cc(C(=O)N3CC[C@H]4C(CC(C)(O)c5ccc6cc(-c7nc8cc(C(=O)N9CC[C@@H]%10CCN[C@@H]%10C9)cc(F)c8n7C)n(CC7CC7)c6n5)CN[C@H]4C3)cc(F)c21. The van der Waals surface area contributed by atoms with Crippen molar-refractivity contribution in [1.82, 2.24) is 58.6 Å². The number of fused-ring (bicyclic) bond motifs is 6. The maximum absolute atomic E-state index is 16.3. The number of aryl methyl sites for hydroxylation is 2. The quantitative estimate of drug-likeness (QED) is 0.0939. The minimum Gasteiger partial charge on any atom is -0.384 e. The molecule has 406 valence electrons. The third kappa shape index (κ3) is 8.50. The monoisotopic (exact) mass is 1060 g/mol. The minimum absolute atomic E-state index is 0.000285. The molecule has 14 rings (SSSR count). The van der Waals surface area contributed by atoms with E-state index in [1.165, 1.54) is 12.1 Å². The zero-order chi connectivity index (χ0) is 53.7. The van der Waals surface area contributed by atoms with Gasteiger partial charge in [0.05, 0.1) is 33.8 Å². The largest absolute Gasteiger partial charge is 0.384 e. The normalized spacial score (nSPS) is 23.5. The van der Waals surface area contributed by atoms with E-state index in [1.54, 1.807) is 42.2 Å². The standard InChI is InChI=1S/C60H68F2N12O4/c1-59(2,77)49-12-10-35-24-47(73(53(35)67-49)28-32-6-7-32)55-65-44-23-38(21-42(62)52(44)69(55)4)58(76)72-19-16-40-39(27-64-46(40)31-72)26-60(3,78)50-13-11-36-25-48(74(54(36)68-50)29-33-8-9-33)56-66-43-22-37(20-41(61)51(43)70(56)5)57(75)71-18-15-34-14-17-63-45(34)30-71/h10-13,20-25,32-34,39-40,45-46,63-64,77-78H,6-9,14-19,26-31H2,1-5H3/t34-,39?,40-,45+,46-,60?/m0/s1. The number of benzene rings is 2. The van der Waals surface area contributed by atoms with Gasteiger partial charge in [0, 0.05) is 87.3 Å². The van der Waals surface area contributed by atoms with Gasteiger partial charge >= 0.3 is 0 Å². The van der Waals surface area contributed by atoms with Gasteiger partial charge in [-0.05, 0) is 175 Å². The highest BCUT2D eigenvalue weighted by molar-refractivity contribution is 5.99. The van der Waals surface area contributed by atoms with E-state index in [0.29, 0.717) is 114 Å².